The number of rotatable bonds is 9. The van der Waals surface area contributed by atoms with Crippen molar-refractivity contribution in [3.63, 3.8) is 0 Å². The zero-order valence-corrected chi connectivity index (χ0v) is 22.6. The van der Waals surface area contributed by atoms with Crippen LogP contribution in [0.15, 0.2) is 30.3 Å². The van der Waals surface area contributed by atoms with Gasteiger partial charge < -0.3 is 20.4 Å². The highest BCUT2D eigenvalue weighted by atomic mass is 35.5. The van der Waals surface area contributed by atoms with Gasteiger partial charge in [-0.05, 0) is 45.3 Å². The summed E-state index contributed by atoms with van der Waals surface area (Å²) in [6.07, 6.45) is -5.15. The molecule has 1 fully saturated rings. The Hall–Kier alpha value is -2.96. The van der Waals surface area contributed by atoms with Crippen LogP contribution in [0, 0.1) is 11.6 Å². The van der Waals surface area contributed by atoms with E-state index < -0.39 is 35.7 Å². The average Bonchev–Trinajstić information content (AvgIpc) is 2.84. The monoisotopic (exact) mass is 575 g/mol. The van der Waals surface area contributed by atoms with Gasteiger partial charge in [0.15, 0.2) is 11.6 Å². The van der Waals surface area contributed by atoms with Gasteiger partial charge in [0.2, 0.25) is 5.91 Å². The van der Waals surface area contributed by atoms with Gasteiger partial charge in [-0.2, -0.15) is 13.2 Å². The first kappa shape index (κ1) is 30.6. The number of nitrogens with zero attached hydrogens (tertiary/aromatic N) is 3. The molecule has 0 unspecified atom stereocenters. The third-order valence-electron chi connectivity index (χ3n) is 6.34. The molecule has 1 heterocycles. The van der Waals surface area contributed by atoms with Gasteiger partial charge >= 0.3 is 6.18 Å². The molecule has 7 nitrogen and oxygen atoms in total. The zero-order valence-electron chi connectivity index (χ0n) is 21.8. The molecule has 0 saturated carbocycles. The summed E-state index contributed by atoms with van der Waals surface area (Å²) in [5.41, 5.74) is 0.169. The summed E-state index contributed by atoms with van der Waals surface area (Å²) in [6.45, 7) is 2.65. The van der Waals surface area contributed by atoms with Crippen LogP contribution in [0.5, 0.6) is 0 Å². The van der Waals surface area contributed by atoms with E-state index in [0.717, 1.165) is 6.07 Å². The molecule has 0 aliphatic carbocycles. The summed E-state index contributed by atoms with van der Waals surface area (Å²) in [4.78, 5) is 30.0. The first-order valence-electron chi connectivity index (χ1n) is 12.3. The van der Waals surface area contributed by atoms with Gasteiger partial charge in [0.05, 0.1) is 29.9 Å². The number of amides is 2. The highest BCUT2D eigenvalue weighted by Crippen LogP contribution is 2.32. The van der Waals surface area contributed by atoms with E-state index in [1.165, 1.54) is 18.2 Å². The van der Waals surface area contributed by atoms with Gasteiger partial charge in [0.1, 0.15) is 0 Å². The number of halogens is 6. The normalized spacial score (nSPS) is 16.5. The lowest BCUT2D eigenvalue weighted by molar-refractivity contribution is -0.139. The number of nitrogens with one attached hydrogen (secondary N) is 2. The fraction of sp³-hybridized carbons (Fsp3) is 0.462. The van der Waals surface area contributed by atoms with Crippen molar-refractivity contribution in [2.24, 2.45) is 0 Å². The second-order valence-corrected chi connectivity index (χ2v) is 10.2. The van der Waals surface area contributed by atoms with Crippen LogP contribution in [-0.2, 0) is 11.3 Å². The molecule has 1 aliphatic heterocycles. The molecule has 214 valence electrons. The van der Waals surface area contributed by atoms with Crippen molar-refractivity contribution in [1.82, 2.24) is 15.1 Å². The van der Waals surface area contributed by atoms with E-state index in [2.05, 4.69) is 10.6 Å². The van der Waals surface area contributed by atoms with Crippen molar-refractivity contribution < 1.29 is 31.5 Å². The van der Waals surface area contributed by atoms with Gasteiger partial charge in [-0.15, -0.1) is 0 Å². The first-order chi connectivity index (χ1) is 18.2. The van der Waals surface area contributed by atoms with Crippen molar-refractivity contribution in [1.29, 1.82) is 0 Å². The lowest BCUT2D eigenvalue weighted by Crippen LogP contribution is -2.52. The number of carbonyl (C=O) groups excluding carboxylic acids is 2. The number of benzene rings is 2. The second-order valence-electron chi connectivity index (χ2n) is 9.73. The van der Waals surface area contributed by atoms with E-state index in [1.807, 2.05) is 11.8 Å². The van der Waals surface area contributed by atoms with Crippen LogP contribution in [0.2, 0.25) is 5.02 Å². The van der Waals surface area contributed by atoms with E-state index >= 15 is 0 Å². The Kier molecular flexibility index (Phi) is 10.1. The number of hydrogen-bond donors (Lipinski definition) is 2. The molecule has 13 heteroatoms. The van der Waals surface area contributed by atoms with Crippen molar-refractivity contribution >= 4 is 34.8 Å². The molecule has 1 atom stereocenters. The van der Waals surface area contributed by atoms with Gasteiger partial charge in [-0.25, -0.2) is 8.78 Å². The van der Waals surface area contributed by atoms with Crippen LogP contribution in [0.4, 0.5) is 33.3 Å². The summed E-state index contributed by atoms with van der Waals surface area (Å²) in [6, 6.07) is 6.82. The number of hydrogen-bond acceptors (Lipinski definition) is 5. The van der Waals surface area contributed by atoms with Crippen LogP contribution in [0.25, 0.3) is 0 Å². The topological polar surface area (TPSA) is 67.9 Å². The van der Waals surface area contributed by atoms with Crippen molar-refractivity contribution in [3.05, 3.63) is 58.1 Å². The van der Waals surface area contributed by atoms with E-state index in [9.17, 15) is 31.5 Å². The van der Waals surface area contributed by atoms with E-state index in [1.54, 1.807) is 30.0 Å². The minimum Gasteiger partial charge on any atom is -0.367 e. The molecule has 39 heavy (non-hydrogen) atoms. The fourth-order valence-corrected chi connectivity index (χ4v) is 4.48. The van der Waals surface area contributed by atoms with Gasteiger partial charge in [-0.3, -0.25) is 14.5 Å². The summed E-state index contributed by atoms with van der Waals surface area (Å²) in [5.74, 6) is -3.86. The van der Waals surface area contributed by atoms with Crippen LogP contribution < -0.4 is 15.5 Å². The lowest BCUT2D eigenvalue weighted by Gasteiger charge is -2.41. The zero-order chi connectivity index (χ0) is 28.9. The number of carbonyl (C=O) groups is 2. The Morgan fingerprint density at radius 2 is 1.82 bits per heavy atom. The Morgan fingerprint density at radius 1 is 1.10 bits per heavy atom. The molecule has 1 saturated heterocycles. The molecule has 0 bridgehead atoms. The van der Waals surface area contributed by atoms with Crippen LogP contribution in [0.1, 0.15) is 29.3 Å². The van der Waals surface area contributed by atoms with Crippen LogP contribution in [-0.4, -0.2) is 80.7 Å². The Balaban J connectivity index is 1.72. The summed E-state index contributed by atoms with van der Waals surface area (Å²) >= 11 is 6.18. The largest absolute Gasteiger partial charge is 0.390 e. The van der Waals surface area contributed by atoms with Crippen LogP contribution >= 0.6 is 11.6 Å². The van der Waals surface area contributed by atoms with E-state index in [-0.39, 0.29) is 37.1 Å². The molecule has 1 aliphatic rings. The SMILES string of the molecule is C[C@@H]1CN(c2cc(Cl)ccc2NC(=O)c2ccc(CNC(=O)CN(C)C)c(F)c2F)CCN1CCC(F)(F)F. The van der Waals surface area contributed by atoms with Crippen molar-refractivity contribution in [2.45, 2.75) is 32.1 Å². The summed E-state index contributed by atoms with van der Waals surface area (Å²) in [5, 5.41) is 5.46. The van der Waals surface area contributed by atoms with E-state index in [0.29, 0.717) is 36.0 Å². The van der Waals surface area contributed by atoms with Crippen molar-refractivity contribution in [3.8, 4) is 0 Å². The predicted octanol–water partition coefficient (Wildman–Crippen LogP) is 4.51. The Morgan fingerprint density at radius 3 is 2.46 bits per heavy atom. The molecule has 2 amide bonds. The molecule has 0 aromatic heterocycles. The number of likely N-dealkylation sites (N-methyl/N-ethyl adjacent to an activating group) is 1. The maximum Gasteiger partial charge on any atom is 0.390 e. The fourth-order valence-electron chi connectivity index (χ4n) is 4.32. The Bertz CT molecular complexity index is 1190. The summed E-state index contributed by atoms with van der Waals surface area (Å²) < 4.78 is 67.5. The highest BCUT2D eigenvalue weighted by Gasteiger charge is 2.31. The van der Waals surface area contributed by atoms with Gasteiger partial charge in [-0.1, -0.05) is 17.7 Å². The van der Waals surface area contributed by atoms with Crippen LogP contribution in [0.3, 0.4) is 0 Å². The molecule has 0 radical (unpaired) electrons. The molecule has 0 spiro atoms. The molecule has 3 rings (SSSR count). The average molecular weight is 576 g/mol. The lowest BCUT2D eigenvalue weighted by atomic mass is 10.1. The van der Waals surface area contributed by atoms with Gasteiger partial charge in [0, 0.05) is 49.4 Å². The number of anilines is 2. The maximum atomic E-state index is 14.8. The van der Waals surface area contributed by atoms with Gasteiger partial charge in [0.25, 0.3) is 5.91 Å². The smallest absolute Gasteiger partial charge is 0.367 e. The van der Waals surface area contributed by atoms with E-state index in [4.69, 9.17) is 11.6 Å². The molecule has 2 aromatic carbocycles. The predicted molar refractivity (Wildman–Crippen MR) is 140 cm³/mol. The minimum atomic E-state index is -4.24. The quantitative estimate of drug-likeness (QED) is 0.431. The molecular formula is C26H31ClF5N5O2. The Labute approximate surface area is 228 Å². The number of alkyl halides is 3. The minimum absolute atomic E-state index is 0.0788. The molecule has 2 aromatic rings. The maximum absolute atomic E-state index is 14.8. The molecule has 2 N–H and O–H groups in total. The third-order valence-corrected chi connectivity index (χ3v) is 6.57. The number of piperazine rings is 1. The second kappa shape index (κ2) is 12.9. The highest BCUT2D eigenvalue weighted by molar-refractivity contribution is 6.31. The summed E-state index contributed by atoms with van der Waals surface area (Å²) in [7, 11) is 3.39. The van der Waals surface area contributed by atoms with Crippen molar-refractivity contribution in [2.75, 3.05) is 57.0 Å². The molecular weight excluding hydrogens is 545 g/mol. The third kappa shape index (κ3) is 8.51. The standard InChI is InChI=1S/C26H31ClF5N5O2/c1-16-14-37(11-10-36(16)9-8-26(30,31)32)21-12-18(27)5-7-20(21)34-25(39)19-6-4-17(23(28)24(19)29)13-33-22(38)15-35(2)3/h4-7,12,16H,8-11,13-15H2,1-3H3,(H,33,38)(H,34,39)/t16-/m1/s1. The first-order valence-corrected chi connectivity index (χ1v) is 12.7.